The molecule has 108 valence electrons. The van der Waals surface area contributed by atoms with Gasteiger partial charge < -0.3 is 9.47 Å². The Bertz CT molecular complexity index is 631. The second kappa shape index (κ2) is 5.87. The minimum absolute atomic E-state index is 0.783. The van der Waals surface area contributed by atoms with Crippen LogP contribution in [0.4, 0.5) is 5.69 Å². The predicted octanol–water partition coefficient (Wildman–Crippen LogP) is 3.32. The van der Waals surface area contributed by atoms with Gasteiger partial charge >= 0.3 is 0 Å². The fourth-order valence-corrected chi connectivity index (χ4v) is 2.42. The molecule has 0 bridgehead atoms. The summed E-state index contributed by atoms with van der Waals surface area (Å²) in [6.45, 7) is 0.888. The molecule has 0 aromatic heterocycles. The SMILES string of the molecule is COc1cc(OC)cc(C2=NN(c3ccccc3)CC2)c1. The van der Waals surface area contributed by atoms with Crippen LogP contribution in [-0.4, -0.2) is 26.5 Å². The summed E-state index contributed by atoms with van der Waals surface area (Å²) in [5, 5.41) is 6.75. The maximum Gasteiger partial charge on any atom is 0.123 e. The van der Waals surface area contributed by atoms with Crippen LogP contribution in [0.2, 0.25) is 0 Å². The molecule has 0 saturated heterocycles. The first kappa shape index (κ1) is 13.5. The van der Waals surface area contributed by atoms with E-state index in [1.54, 1.807) is 14.2 Å². The topological polar surface area (TPSA) is 34.1 Å². The molecule has 0 saturated carbocycles. The lowest BCUT2D eigenvalue weighted by atomic mass is 10.1. The Morgan fingerprint density at radius 2 is 1.62 bits per heavy atom. The fraction of sp³-hybridized carbons (Fsp3) is 0.235. The van der Waals surface area contributed by atoms with E-state index in [2.05, 4.69) is 12.1 Å². The minimum atomic E-state index is 0.783. The van der Waals surface area contributed by atoms with Gasteiger partial charge in [-0.1, -0.05) is 18.2 Å². The molecule has 1 aliphatic rings. The fourth-order valence-electron chi connectivity index (χ4n) is 2.42. The average molecular weight is 282 g/mol. The molecule has 3 rings (SSSR count). The van der Waals surface area contributed by atoms with Crippen molar-refractivity contribution in [2.24, 2.45) is 5.10 Å². The second-order valence-electron chi connectivity index (χ2n) is 4.86. The van der Waals surface area contributed by atoms with Crippen molar-refractivity contribution in [1.82, 2.24) is 0 Å². The van der Waals surface area contributed by atoms with Crippen molar-refractivity contribution in [3.05, 3.63) is 54.1 Å². The van der Waals surface area contributed by atoms with Crippen LogP contribution in [0, 0.1) is 0 Å². The molecule has 0 atom stereocenters. The third-order valence-electron chi connectivity index (χ3n) is 3.54. The number of benzene rings is 2. The van der Waals surface area contributed by atoms with E-state index in [-0.39, 0.29) is 0 Å². The van der Waals surface area contributed by atoms with Crippen LogP contribution in [0.15, 0.2) is 53.6 Å². The molecule has 0 amide bonds. The lowest BCUT2D eigenvalue weighted by molar-refractivity contribution is 0.394. The first-order chi connectivity index (χ1) is 10.3. The lowest BCUT2D eigenvalue weighted by Crippen LogP contribution is -2.11. The van der Waals surface area contributed by atoms with Gasteiger partial charge in [-0.05, 0) is 24.3 Å². The van der Waals surface area contributed by atoms with Gasteiger partial charge in [-0.2, -0.15) is 5.10 Å². The highest BCUT2D eigenvalue weighted by Gasteiger charge is 2.18. The van der Waals surface area contributed by atoms with Gasteiger partial charge in [-0.3, -0.25) is 5.01 Å². The van der Waals surface area contributed by atoms with Crippen molar-refractivity contribution in [3.63, 3.8) is 0 Å². The highest BCUT2D eigenvalue weighted by molar-refractivity contribution is 6.03. The zero-order valence-electron chi connectivity index (χ0n) is 12.2. The number of hydrogen-bond donors (Lipinski definition) is 0. The Morgan fingerprint density at radius 1 is 0.952 bits per heavy atom. The summed E-state index contributed by atoms with van der Waals surface area (Å²) in [7, 11) is 3.32. The standard InChI is InChI=1S/C17H18N2O2/c1-20-15-10-13(11-16(12-15)21-2)17-8-9-19(18-17)14-6-4-3-5-7-14/h3-7,10-12H,8-9H2,1-2H3. The van der Waals surface area contributed by atoms with Crippen molar-refractivity contribution in [2.75, 3.05) is 25.8 Å². The molecule has 0 unspecified atom stereocenters. The van der Waals surface area contributed by atoms with Crippen LogP contribution in [-0.2, 0) is 0 Å². The molecule has 0 spiro atoms. The zero-order valence-corrected chi connectivity index (χ0v) is 12.2. The number of methoxy groups -OCH3 is 2. The quantitative estimate of drug-likeness (QED) is 0.862. The van der Waals surface area contributed by atoms with E-state index >= 15 is 0 Å². The summed E-state index contributed by atoms with van der Waals surface area (Å²) < 4.78 is 10.6. The Balaban J connectivity index is 1.91. The van der Waals surface area contributed by atoms with Crippen LogP contribution in [0.5, 0.6) is 11.5 Å². The molecule has 0 radical (unpaired) electrons. The van der Waals surface area contributed by atoms with Crippen molar-refractivity contribution >= 4 is 11.4 Å². The van der Waals surface area contributed by atoms with Crippen LogP contribution in [0.3, 0.4) is 0 Å². The van der Waals surface area contributed by atoms with Gasteiger partial charge in [0.2, 0.25) is 0 Å². The molecule has 2 aromatic rings. The summed E-state index contributed by atoms with van der Waals surface area (Å²) in [5.41, 5.74) is 3.21. The normalized spacial score (nSPS) is 14.0. The van der Waals surface area contributed by atoms with Crippen LogP contribution >= 0.6 is 0 Å². The van der Waals surface area contributed by atoms with Gasteiger partial charge in [0, 0.05) is 24.6 Å². The number of nitrogens with zero attached hydrogens (tertiary/aromatic N) is 2. The highest BCUT2D eigenvalue weighted by atomic mass is 16.5. The molecule has 0 fully saturated rings. The molecule has 4 heteroatoms. The van der Waals surface area contributed by atoms with Crippen molar-refractivity contribution in [3.8, 4) is 11.5 Å². The molecular weight excluding hydrogens is 264 g/mol. The predicted molar refractivity (Wildman–Crippen MR) is 84.5 cm³/mol. The molecule has 1 aliphatic heterocycles. The summed E-state index contributed by atoms with van der Waals surface area (Å²) in [6.07, 6.45) is 0.908. The molecule has 21 heavy (non-hydrogen) atoms. The number of hydrazone groups is 1. The molecule has 0 N–H and O–H groups in total. The zero-order chi connectivity index (χ0) is 14.7. The molecule has 2 aromatic carbocycles. The van der Waals surface area contributed by atoms with Crippen molar-refractivity contribution < 1.29 is 9.47 Å². The number of rotatable bonds is 4. The van der Waals surface area contributed by atoms with Gasteiger partial charge in [-0.25, -0.2) is 0 Å². The van der Waals surface area contributed by atoms with E-state index in [4.69, 9.17) is 14.6 Å². The van der Waals surface area contributed by atoms with E-state index in [0.29, 0.717) is 0 Å². The van der Waals surface area contributed by atoms with Gasteiger partial charge in [0.1, 0.15) is 11.5 Å². The van der Waals surface area contributed by atoms with E-state index in [1.807, 2.05) is 41.4 Å². The van der Waals surface area contributed by atoms with Crippen LogP contribution < -0.4 is 14.5 Å². The summed E-state index contributed by atoms with van der Waals surface area (Å²) in [4.78, 5) is 0. The smallest absolute Gasteiger partial charge is 0.123 e. The van der Waals surface area contributed by atoms with E-state index in [9.17, 15) is 0 Å². The number of ether oxygens (including phenoxy) is 2. The van der Waals surface area contributed by atoms with Gasteiger partial charge in [0.25, 0.3) is 0 Å². The molecule has 0 aliphatic carbocycles. The molecular formula is C17H18N2O2. The monoisotopic (exact) mass is 282 g/mol. The maximum absolute atomic E-state index is 5.32. The Kier molecular flexibility index (Phi) is 3.77. The Morgan fingerprint density at radius 3 is 2.24 bits per heavy atom. The van der Waals surface area contributed by atoms with E-state index < -0.39 is 0 Å². The molecule has 4 nitrogen and oxygen atoms in total. The Labute approximate surface area is 124 Å². The average Bonchev–Trinajstić information content (AvgIpc) is 3.05. The first-order valence-electron chi connectivity index (χ1n) is 6.93. The number of para-hydroxylation sites is 1. The van der Waals surface area contributed by atoms with Crippen LogP contribution in [0.25, 0.3) is 0 Å². The van der Waals surface area contributed by atoms with Gasteiger partial charge in [0.15, 0.2) is 0 Å². The van der Waals surface area contributed by atoms with Crippen molar-refractivity contribution in [2.45, 2.75) is 6.42 Å². The number of hydrogen-bond acceptors (Lipinski definition) is 4. The maximum atomic E-state index is 5.32. The summed E-state index contributed by atoms with van der Waals surface area (Å²) in [5.74, 6) is 1.57. The summed E-state index contributed by atoms with van der Waals surface area (Å²) >= 11 is 0. The van der Waals surface area contributed by atoms with E-state index in [1.165, 1.54) is 0 Å². The summed E-state index contributed by atoms with van der Waals surface area (Å²) in [6, 6.07) is 16.1. The molecule has 1 heterocycles. The first-order valence-corrected chi connectivity index (χ1v) is 6.93. The van der Waals surface area contributed by atoms with E-state index in [0.717, 1.165) is 41.4 Å². The second-order valence-corrected chi connectivity index (χ2v) is 4.86. The lowest BCUT2D eigenvalue weighted by Gasteiger charge is -2.12. The third-order valence-corrected chi connectivity index (χ3v) is 3.54. The number of anilines is 1. The van der Waals surface area contributed by atoms with Gasteiger partial charge in [0.05, 0.1) is 25.6 Å². The van der Waals surface area contributed by atoms with Crippen LogP contribution in [0.1, 0.15) is 12.0 Å². The Hall–Kier alpha value is -2.49. The third kappa shape index (κ3) is 2.84. The van der Waals surface area contributed by atoms with Crippen molar-refractivity contribution in [1.29, 1.82) is 0 Å². The minimum Gasteiger partial charge on any atom is -0.497 e. The highest BCUT2D eigenvalue weighted by Crippen LogP contribution is 2.27. The van der Waals surface area contributed by atoms with Gasteiger partial charge in [-0.15, -0.1) is 0 Å². The largest absolute Gasteiger partial charge is 0.497 e.